The van der Waals surface area contributed by atoms with Crippen LogP contribution in [0, 0.1) is 0 Å². The van der Waals surface area contributed by atoms with Crippen LogP contribution in [-0.2, 0) is 6.42 Å². The molecule has 2 N–H and O–H groups in total. The van der Waals surface area contributed by atoms with Crippen LogP contribution in [0.4, 0.5) is 0 Å². The van der Waals surface area contributed by atoms with Gasteiger partial charge in [-0.15, -0.1) is 0 Å². The molecule has 2 heterocycles. The van der Waals surface area contributed by atoms with Crippen molar-refractivity contribution in [1.82, 2.24) is 25.7 Å². The molecule has 0 amide bonds. The fraction of sp³-hybridized carbons (Fsp3) is 0.591. The number of guanidine groups is 1. The topological polar surface area (TPSA) is 78.6 Å². The Morgan fingerprint density at radius 2 is 2.03 bits per heavy atom. The highest BCUT2D eigenvalue weighted by Gasteiger charge is 2.30. The molecular formula is C22H31ClN6O. The molecule has 1 aliphatic heterocycles. The second kappa shape index (κ2) is 10.3. The molecule has 2 aromatic rings. The molecule has 30 heavy (non-hydrogen) atoms. The average Bonchev–Trinajstić information content (AvgIpc) is 3.50. The van der Waals surface area contributed by atoms with Gasteiger partial charge in [0.05, 0.1) is 6.54 Å². The maximum atomic E-state index is 5.94. The lowest BCUT2D eigenvalue weighted by Crippen LogP contribution is -2.45. The SMILES string of the molecule is CCNC(=NCCc1nc(-c2ccc(Cl)cc2)no1)NC1CCN(C2CCCC2)C1. The predicted molar refractivity (Wildman–Crippen MR) is 120 cm³/mol. The lowest BCUT2D eigenvalue weighted by Gasteiger charge is -2.24. The lowest BCUT2D eigenvalue weighted by atomic mass is 10.2. The number of benzene rings is 1. The summed E-state index contributed by atoms with van der Waals surface area (Å²) in [5.74, 6) is 2.04. The molecule has 1 aromatic carbocycles. The van der Waals surface area contributed by atoms with Gasteiger partial charge in [0.25, 0.3) is 0 Å². The van der Waals surface area contributed by atoms with Gasteiger partial charge < -0.3 is 15.2 Å². The highest BCUT2D eigenvalue weighted by atomic mass is 35.5. The van der Waals surface area contributed by atoms with Gasteiger partial charge in [0.15, 0.2) is 5.96 Å². The summed E-state index contributed by atoms with van der Waals surface area (Å²) in [6, 6.07) is 8.68. The largest absolute Gasteiger partial charge is 0.357 e. The smallest absolute Gasteiger partial charge is 0.228 e. The van der Waals surface area contributed by atoms with E-state index in [1.54, 1.807) is 0 Å². The highest BCUT2D eigenvalue weighted by molar-refractivity contribution is 6.30. The molecule has 2 aliphatic rings. The maximum Gasteiger partial charge on any atom is 0.228 e. The Morgan fingerprint density at radius 1 is 1.23 bits per heavy atom. The molecule has 1 aromatic heterocycles. The minimum absolute atomic E-state index is 0.461. The zero-order chi connectivity index (χ0) is 20.8. The zero-order valence-electron chi connectivity index (χ0n) is 17.6. The van der Waals surface area contributed by atoms with Gasteiger partial charge in [-0.3, -0.25) is 9.89 Å². The van der Waals surface area contributed by atoms with Crippen molar-refractivity contribution < 1.29 is 4.52 Å². The van der Waals surface area contributed by atoms with Gasteiger partial charge in [0.1, 0.15) is 0 Å². The molecule has 0 radical (unpaired) electrons. The molecule has 4 rings (SSSR count). The number of rotatable bonds is 7. The summed E-state index contributed by atoms with van der Waals surface area (Å²) in [7, 11) is 0. The number of likely N-dealkylation sites (tertiary alicyclic amines) is 1. The Morgan fingerprint density at radius 3 is 2.80 bits per heavy atom. The van der Waals surface area contributed by atoms with E-state index in [4.69, 9.17) is 21.1 Å². The number of hydrogen-bond acceptors (Lipinski definition) is 5. The number of hydrogen-bond donors (Lipinski definition) is 2. The van der Waals surface area contributed by atoms with Crippen LogP contribution in [0.5, 0.6) is 0 Å². The molecule has 1 aliphatic carbocycles. The summed E-state index contributed by atoms with van der Waals surface area (Å²) in [6.07, 6.45) is 7.29. The van der Waals surface area contributed by atoms with Gasteiger partial charge in [-0.05, 0) is 50.5 Å². The van der Waals surface area contributed by atoms with Crippen LogP contribution in [0.3, 0.4) is 0 Å². The molecule has 8 heteroatoms. The molecular weight excluding hydrogens is 400 g/mol. The zero-order valence-corrected chi connectivity index (χ0v) is 18.4. The molecule has 0 bridgehead atoms. The Bertz CT molecular complexity index is 830. The number of nitrogens with zero attached hydrogens (tertiary/aromatic N) is 4. The van der Waals surface area contributed by atoms with E-state index in [1.165, 1.54) is 38.6 Å². The molecule has 2 fully saturated rings. The highest BCUT2D eigenvalue weighted by Crippen LogP contribution is 2.26. The first-order valence-electron chi connectivity index (χ1n) is 11.1. The molecule has 1 atom stereocenters. The summed E-state index contributed by atoms with van der Waals surface area (Å²) in [6.45, 7) is 5.83. The van der Waals surface area contributed by atoms with Crippen LogP contribution in [0.15, 0.2) is 33.8 Å². The third-order valence-electron chi connectivity index (χ3n) is 5.91. The van der Waals surface area contributed by atoms with Crippen LogP contribution in [-0.4, -0.2) is 59.3 Å². The maximum absolute atomic E-state index is 5.94. The van der Waals surface area contributed by atoms with Crippen molar-refractivity contribution in [3.05, 3.63) is 35.2 Å². The summed E-state index contributed by atoms with van der Waals surface area (Å²) in [5.41, 5.74) is 0.890. The van der Waals surface area contributed by atoms with E-state index in [-0.39, 0.29) is 0 Å². The Hall–Kier alpha value is -2.12. The van der Waals surface area contributed by atoms with Crippen LogP contribution >= 0.6 is 11.6 Å². The number of aromatic nitrogens is 2. The molecule has 1 saturated carbocycles. The van der Waals surface area contributed by atoms with Crippen LogP contribution in [0.25, 0.3) is 11.4 Å². The third-order valence-corrected chi connectivity index (χ3v) is 6.16. The summed E-state index contributed by atoms with van der Waals surface area (Å²) >= 11 is 5.94. The summed E-state index contributed by atoms with van der Waals surface area (Å²) < 4.78 is 5.38. The molecule has 0 spiro atoms. The van der Waals surface area contributed by atoms with Gasteiger partial charge in [-0.25, -0.2) is 0 Å². The Balaban J connectivity index is 1.28. The van der Waals surface area contributed by atoms with E-state index >= 15 is 0 Å². The quantitative estimate of drug-likeness (QED) is 0.517. The van der Waals surface area contributed by atoms with Gasteiger partial charge in [0.2, 0.25) is 11.7 Å². The lowest BCUT2D eigenvalue weighted by molar-refractivity contribution is 0.242. The summed E-state index contributed by atoms with van der Waals surface area (Å²) in [4.78, 5) is 11.8. The van der Waals surface area contributed by atoms with Gasteiger partial charge in [-0.1, -0.05) is 29.6 Å². The van der Waals surface area contributed by atoms with Crippen molar-refractivity contribution >= 4 is 17.6 Å². The van der Waals surface area contributed by atoms with E-state index in [9.17, 15) is 0 Å². The van der Waals surface area contributed by atoms with Crippen LogP contribution in [0.1, 0.15) is 44.9 Å². The minimum atomic E-state index is 0.461. The fourth-order valence-electron chi connectivity index (χ4n) is 4.36. The normalized spacial score (nSPS) is 20.7. The second-order valence-corrected chi connectivity index (χ2v) is 8.53. The van der Waals surface area contributed by atoms with Gasteiger partial charge >= 0.3 is 0 Å². The van der Waals surface area contributed by atoms with E-state index < -0.39 is 0 Å². The molecule has 1 unspecified atom stereocenters. The monoisotopic (exact) mass is 430 g/mol. The first-order chi connectivity index (χ1) is 14.7. The summed E-state index contributed by atoms with van der Waals surface area (Å²) in [5, 5.41) is 11.7. The van der Waals surface area contributed by atoms with E-state index in [2.05, 4.69) is 32.6 Å². The fourth-order valence-corrected chi connectivity index (χ4v) is 4.48. The molecule has 7 nitrogen and oxygen atoms in total. The molecule has 162 valence electrons. The van der Waals surface area contributed by atoms with Crippen molar-refractivity contribution in [3.63, 3.8) is 0 Å². The third kappa shape index (κ3) is 5.52. The van der Waals surface area contributed by atoms with E-state index in [1.807, 2.05) is 24.3 Å². The van der Waals surface area contributed by atoms with Crippen molar-refractivity contribution in [2.75, 3.05) is 26.2 Å². The Labute approximate surface area is 183 Å². The number of nitrogens with one attached hydrogen (secondary N) is 2. The number of aliphatic imine (C=N–C) groups is 1. The van der Waals surface area contributed by atoms with Crippen LogP contribution in [0.2, 0.25) is 5.02 Å². The van der Waals surface area contributed by atoms with Crippen LogP contribution < -0.4 is 10.6 Å². The van der Waals surface area contributed by atoms with Crippen molar-refractivity contribution in [1.29, 1.82) is 0 Å². The van der Waals surface area contributed by atoms with E-state index in [0.717, 1.165) is 30.7 Å². The first-order valence-corrected chi connectivity index (χ1v) is 11.5. The van der Waals surface area contributed by atoms with Crippen molar-refractivity contribution in [2.24, 2.45) is 4.99 Å². The van der Waals surface area contributed by atoms with E-state index in [0.29, 0.717) is 35.7 Å². The van der Waals surface area contributed by atoms with Gasteiger partial charge in [0, 0.05) is 48.7 Å². The van der Waals surface area contributed by atoms with Gasteiger partial charge in [-0.2, -0.15) is 4.98 Å². The number of halogens is 1. The first kappa shape index (κ1) is 21.1. The second-order valence-electron chi connectivity index (χ2n) is 8.09. The standard InChI is InChI=1S/C22H31ClN6O/c1-2-24-22(26-18-12-14-29(15-18)19-5-3-4-6-19)25-13-11-20-27-21(28-30-20)16-7-9-17(23)10-8-16/h7-10,18-19H,2-6,11-15H2,1H3,(H2,24,25,26). The average molecular weight is 431 g/mol. The minimum Gasteiger partial charge on any atom is -0.357 e. The van der Waals surface area contributed by atoms with Crippen molar-refractivity contribution in [3.8, 4) is 11.4 Å². The van der Waals surface area contributed by atoms with Crippen molar-refractivity contribution in [2.45, 2.75) is 57.5 Å². The Kier molecular flexibility index (Phi) is 7.23. The predicted octanol–water partition coefficient (Wildman–Crippen LogP) is 3.50. The molecule has 1 saturated heterocycles.